The summed E-state index contributed by atoms with van der Waals surface area (Å²) >= 11 is 1.25. The number of ketones is 1. The Kier molecular flexibility index (Phi) is 4.75. The summed E-state index contributed by atoms with van der Waals surface area (Å²) < 4.78 is 0. The van der Waals surface area contributed by atoms with Crippen molar-refractivity contribution in [2.75, 3.05) is 5.75 Å². The summed E-state index contributed by atoms with van der Waals surface area (Å²) in [5.74, 6) is -0.299. The maximum absolute atomic E-state index is 12.1. The number of carbonyl (C=O) groups excluding carboxylic acids is 2. The Balaban J connectivity index is 2.20. The largest absolute Gasteiger partial charge is 0.366 e. The van der Waals surface area contributed by atoms with Crippen LogP contribution in [-0.4, -0.2) is 22.4 Å². The van der Waals surface area contributed by atoms with Crippen molar-refractivity contribution in [3.63, 3.8) is 0 Å². The fourth-order valence-corrected chi connectivity index (χ4v) is 3.10. The van der Waals surface area contributed by atoms with Crippen LogP contribution < -0.4 is 5.73 Å². The zero-order valence-electron chi connectivity index (χ0n) is 11.9. The molecule has 0 fully saturated rings. The molecule has 0 aliphatic rings. The zero-order chi connectivity index (χ0) is 15.4. The van der Waals surface area contributed by atoms with Gasteiger partial charge in [-0.3, -0.25) is 9.59 Å². The van der Waals surface area contributed by atoms with Gasteiger partial charge in [0, 0.05) is 11.3 Å². The van der Waals surface area contributed by atoms with Crippen LogP contribution in [0.4, 0.5) is 0 Å². The highest BCUT2D eigenvalue weighted by Gasteiger charge is 2.16. The first kappa shape index (κ1) is 15.3. The summed E-state index contributed by atoms with van der Waals surface area (Å²) in [7, 11) is 0. The Morgan fingerprint density at radius 1 is 1.19 bits per heavy atom. The molecule has 21 heavy (non-hydrogen) atoms. The van der Waals surface area contributed by atoms with E-state index in [0.29, 0.717) is 16.2 Å². The highest BCUT2D eigenvalue weighted by atomic mass is 32.2. The molecule has 0 atom stereocenters. The fourth-order valence-electron chi connectivity index (χ4n) is 2.05. The molecule has 0 aliphatic heterocycles. The van der Waals surface area contributed by atoms with Crippen molar-refractivity contribution in [1.82, 2.24) is 4.98 Å². The molecular formula is C16H16N2O2S. The van der Waals surface area contributed by atoms with Gasteiger partial charge in [0.1, 0.15) is 5.03 Å². The predicted octanol–water partition coefficient (Wildman–Crippen LogP) is 2.77. The lowest BCUT2D eigenvalue weighted by atomic mass is 10.1. The van der Waals surface area contributed by atoms with Gasteiger partial charge in [-0.1, -0.05) is 42.1 Å². The standard InChI is InChI=1S/C16H16N2O2S/c1-10-8-11(2)18-16(14(10)15(17)20)21-9-13(19)12-6-4-3-5-7-12/h3-8H,9H2,1-2H3,(H2,17,20). The van der Waals surface area contributed by atoms with Crippen molar-refractivity contribution in [3.8, 4) is 0 Å². The summed E-state index contributed by atoms with van der Waals surface area (Å²) in [6, 6.07) is 10.9. The molecule has 0 spiro atoms. The van der Waals surface area contributed by atoms with Gasteiger partial charge in [0.15, 0.2) is 5.78 Å². The van der Waals surface area contributed by atoms with Gasteiger partial charge >= 0.3 is 0 Å². The summed E-state index contributed by atoms with van der Waals surface area (Å²) in [4.78, 5) is 28.0. The van der Waals surface area contributed by atoms with Crippen LogP contribution in [0.1, 0.15) is 32.0 Å². The van der Waals surface area contributed by atoms with E-state index in [9.17, 15) is 9.59 Å². The highest BCUT2D eigenvalue weighted by molar-refractivity contribution is 8.00. The number of aryl methyl sites for hydroxylation is 2. The minimum absolute atomic E-state index is 0.00280. The molecule has 0 saturated carbocycles. The van der Waals surface area contributed by atoms with Crippen molar-refractivity contribution in [2.24, 2.45) is 5.73 Å². The number of hydrogen-bond donors (Lipinski definition) is 1. The molecule has 0 aliphatic carbocycles. The first-order chi connectivity index (χ1) is 9.99. The highest BCUT2D eigenvalue weighted by Crippen LogP contribution is 2.24. The van der Waals surface area contributed by atoms with Crippen LogP contribution in [0.25, 0.3) is 0 Å². The number of nitrogens with zero attached hydrogens (tertiary/aromatic N) is 1. The number of pyridine rings is 1. The number of carbonyl (C=O) groups is 2. The number of hydrogen-bond acceptors (Lipinski definition) is 4. The number of thioether (sulfide) groups is 1. The zero-order valence-corrected chi connectivity index (χ0v) is 12.7. The van der Waals surface area contributed by atoms with Gasteiger partial charge in [-0.05, 0) is 25.5 Å². The number of nitrogens with two attached hydrogens (primary N) is 1. The molecule has 2 N–H and O–H groups in total. The monoisotopic (exact) mass is 300 g/mol. The third-order valence-electron chi connectivity index (χ3n) is 2.99. The van der Waals surface area contributed by atoms with Crippen molar-refractivity contribution in [1.29, 1.82) is 0 Å². The van der Waals surface area contributed by atoms with Gasteiger partial charge in [-0.25, -0.2) is 4.98 Å². The van der Waals surface area contributed by atoms with Crippen molar-refractivity contribution < 1.29 is 9.59 Å². The Labute approximate surface area is 127 Å². The van der Waals surface area contributed by atoms with E-state index in [1.807, 2.05) is 38.1 Å². The molecule has 1 amide bonds. The number of benzene rings is 1. The maximum atomic E-state index is 12.1. The third kappa shape index (κ3) is 3.70. The number of primary amides is 1. The number of rotatable bonds is 5. The molecule has 2 aromatic rings. The first-order valence-corrected chi connectivity index (χ1v) is 7.46. The van der Waals surface area contributed by atoms with E-state index >= 15 is 0 Å². The lowest BCUT2D eigenvalue weighted by molar-refractivity contribution is 0.0992. The molecule has 0 radical (unpaired) electrons. The summed E-state index contributed by atoms with van der Waals surface area (Å²) in [5, 5.41) is 0.518. The van der Waals surface area contributed by atoms with Crippen LogP contribution in [-0.2, 0) is 0 Å². The van der Waals surface area contributed by atoms with Crippen LogP contribution in [0.5, 0.6) is 0 Å². The number of Topliss-reactive ketones (excluding diaryl/α,β-unsaturated/α-hetero) is 1. The number of amides is 1. The van der Waals surface area contributed by atoms with Crippen LogP contribution >= 0.6 is 11.8 Å². The lowest BCUT2D eigenvalue weighted by Gasteiger charge is -2.09. The Morgan fingerprint density at radius 2 is 1.86 bits per heavy atom. The Bertz CT molecular complexity index is 684. The van der Waals surface area contributed by atoms with E-state index in [2.05, 4.69) is 4.98 Å². The molecule has 0 unspecified atom stereocenters. The molecular weight excluding hydrogens is 284 g/mol. The molecule has 1 aromatic carbocycles. The van der Waals surface area contributed by atoms with Crippen molar-refractivity contribution in [3.05, 3.63) is 58.8 Å². The SMILES string of the molecule is Cc1cc(C)c(C(N)=O)c(SCC(=O)c2ccccc2)n1. The van der Waals surface area contributed by atoms with Gasteiger partial charge in [-0.2, -0.15) is 0 Å². The summed E-state index contributed by atoms with van der Waals surface area (Å²) in [6.07, 6.45) is 0. The Hall–Kier alpha value is -2.14. The molecule has 0 bridgehead atoms. The van der Waals surface area contributed by atoms with E-state index < -0.39 is 5.91 Å². The topological polar surface area (TPSA) is 73.1 Å². The lowest BCUT2D eigenvalue weighted by Crippen LogP contribution is -2.16. The van der Waals surface area contributed by atoms with Gasteiger partial charge in [0.2, 0.25) is 0 Å². The van der Waals surface area contributed by atoms with Crippen LogP contribution in [0.15, 0.2) is 41.4 Å². The van der Waals surface area contributed by atoms with E-state index in [1.165, 1.54) is 11.8 Å². The van der Waals surface area contributed by atoms with Gasteiger partial charge in [0.25, 0.3) is 5.91 Å². The number of aromatic nitrogens is 1. The normalized spacial score (nSPS) is 10.4. The molecule has 1 aromatic heterocycles. The van der Waals surface area contributed by atoms with E-state index in [1.54, 1.807) is 12.1 Å². The van der Waals surface area contributed by atoms with Gasteiger partial charge in [0.05, 0.1) is 11.3 Å². The second-order valence-corrected chi connectivity index (χ2v) is 5.67. The molecule has 108 valence electrons. The average molecular weight is 300 g/mol. The molecule has 2 rings (SSSR count). The summed E-state index contributed by atoms with van der Waals surface area (Å²) in [5.41, 5.74) is 8.03. The average Bonchev–Trinajstić information content (AvgIpc) is 2.44. The van der Waals surface area contributed by atoms with Crippen LogP contribution in [0, 0.1) is 13.8 Å². The van der Waals surface area contributed by atoms with E-state index in [0.717, 1.165) is 11.3 Å². The quantitative estimate of drug-likeness (QED) is 0.680. The molecule has 0 saturated heterocycles. The second kappa shape index (κ2) is 6.54. The third-order valence-corrected chi connectivity index (χ3v) is 3.97. The minimum Gasteiger partial charge on any atom is -0.366 e. The first-order valence-electron chi connectivity index (χ1n) is 6.48. The van der Waals surface area contributed by atoms with Crippen molar-refractivity contribution in [2.45, 2.75) is 18.9 Å². The molecule has 4 nitrogen and oxygen atoms in total. The van der Waals surface area contributed by atoms with Gasteiger partial charge in [-0.15, -0.1) is 0 Å². The van der Waals surface area contributed by atoms with E-state index in [-0.39, 0.29) is 11.5 Å². The maximum Gasteiger partial charge on any atom is 0.251 e. The van der Waals surface area contributed by atoms with Crippen LogP contribution in [0.2, 0.25) is 0 Å². The van der Waals surface area contributed by atoms with E-state index in [4.69, 9.17) is 5.73 Å². The Morgan fingerprint density at radius 3 is 2.48 bits per heavy atom. The molecule has 1 heterocycles. The van der Waals surface area contributed by atoms with Gasteiger partial charge < -0.3 is 5.73 Å². The fraction of sp³-hybridized carbons (Fsp3) is 0.188. The van der Waals surface area contributed by atoms with Crippen molar-refractivity contribution >= 4 is 23.5 Å². The smallest absolute Gasteiger partial charge is 0.251 e. The van der Waals surface area contributed by atoms with Crippen LogP contribution in [0.3, 0.4) is 0 Å². The predicted molar refractivity (Wildman–Crippen MR) is 83.7 cm³/mol. The minimum atomic E-state index is -0.519. The molecule has 5 heteroatoms. The summed E-state index contributed by atoms with van der Waals surface area (Å²) in [6.45, 7) is 3.67. The second-order valence-electron chi connectivity index (χ2n) is 4.70.